The smallest absolute Gasteiger partial charge is 0.259 e. The highest BCUT2D eigenvalue weighted by Gasteiger charge is 2.39. The normalized spacial score (nSPS) is 17.0. The van der Waals surface area contributed by atoms with Crippen LogP contribution in [0, 0.1) is 0 Å². The number of sulfonamides is 1. The lowest BCUT2D eigenvalue weighted by molar-refractivity contribution is 0.229. The average Bonchev–Trinajstić information content (AvgIpc) is 2.93. The van der Waals surface area contributed by atoms with Crippen molar-refractivity contribution in [3.8, 4) is 11.5 Å². The molecule has 0 unspecified atom stereocenters. The molecule has 1 aliphatic rings. The van der Waals surface area contributed by atoms with Gasteiger partial charge in [0.15, 0.2) is 5.82 Å². The van der Waals surface area contributed by atoms with Gasteiger partial charge in [-0.1, -0.05) is 16.8 Å². The minimum Gasteiger partial charge on any atom is -0.334 e. The van der Waals surface area contributed by atoms with Gasteiger partial charge in [0, 0.05) is 6.04 Å². The molecule has 9 heteroatoms. The highest BCUT2D eigenvalue weighted by atomic mass is 35.5. The Bertz CT molecular complexity index is 859. The van der Waals surface area contributed by atoms with Crippen LogP contribution in [0.3, 0.4) is 0 Å². The SMILES string of the molecule is CC(C)NS(=O)(=O)c1ccc(Cl)c(-c2nc(C3(N)CCC3)no2)c1. The quantitative estimate of drug-likeness (QED) is 0.835. The van der Waals surface area contributed by atoms with Crippen LogP contribution in [0.5, 0.6) is 0 Å². The van der Waals surface area contributed by atoms with Crippen molar-refractivity contribution in [1.29, 1.82) is 0 Å². The summed E-state index contributed by atoms with van der Waals surface area (Å²) >= 11 is 6.18. The first-order valence-corrected chi connectivity index (χ1v) is 9.53. The van der Waals surface area contributed by atoms with Gasteiger partial charge in [-0.05, 0) is 51.3 Å². The van der Waals surface area contributed by atoms with E-state index < -0.39 is 15.6 Å². The van der Waals surface area contributed by atoms with Crippen LogP contribution in [0.25, 0.3) is 11.5 Å². The van der Waals surface area contributed by atoms with E-state index in [9.17, 15) is 8.42 Å². The van der Waals surface area contributed by atoms with Crippen molar-refractivity contribution in [3.63, 3.8) is 0 Å². The van der Waals surface area contributed by atoms with Crippen molar-refractivity contribution in [2.24, 2.45) is 5.73 Å². The zero-order valence-electron chi connectivity index (χ0n) is 13.4. The fourth-order valence-electron chi connectivity index (χ4n) is 2.53. The first kappa shape index (κ1) is 17.3. The van der Waals surface area contributed by atoms with E-state index in [1.165, 1.54) is 18.2 Å². The molecule has 0 amide bonds. The van der Waals surface area contributed by atoms with Crippen LogP contribution in [-0.2, 0) is 15.6 Å². The van der Waals surface area contributed by atoms with Gasteiger partial charge in [0.25, 0.3) is 5.89 Å². The van der Waals surface area contributed by atoms with Crippen molar-refractivity contribution in [2.75, 3.05) is 0 Å². The molecule has 0 atom stereocenters. The number of nitrogens with one attached hydrogen (secondary N) is 1. The Morgan fingerprint density at radius 1 is 1.38 bits per heavy atom. The molecule has 1 saturated carbocycles. The Morgan fingerprint density at radius 2 is 2.08 bits per heavy atom. The third-order valence-electron chi connectivity index (χ3n) is 3.99. The van der Waals surface area contributed by atoms with Gasteiger partial charge in [-0.3, -0.25) is 0 Å². The number of rotatable bonds is 5. The number of hydrogen-bond donors (Lipinski definition) is 2. The van der Waals surface area contributed by atoms with Crippen LogP contribution in [0.4, 0.5) is 0 Å². The van der Waals surface area contributed by atoms with Crippen molar-refractivity contribution < 1.29 is 12.9 Å². The molecule has 1 aliphatic carbocycles. The number of nitrogens with zero attached hydrogens (tertiary/aromatic N) is 2. The molecule has 1 aromatic carbocycles. The maximum atomic E-state index is 12.3. The number of halogens is 1. The lowest BCUT2D eigenvalue weighted by Crippen LogP contribution is -2.44. The largest absolute Gasteiger partial charge is 0.334 e. The maximum absolute atomic E-state index is 12.3. The van der Waals surface area contributed by atoms with Crippen molar-refractivity contribution in [3.05, 3.63) is 29.0 Å². The second-order valence-electron chi connectivity index (χ2n) is 6.35. The van der Waals surface area contributed by atoms with Crippen molar-refractivity contribution in [1.82, 2.24) is 14.9 Å². The topological polar surface area (TPSA) is 111 Å². The van der Waals surface area contributed by atoms with Gasteiger partial charge in [0.1, 0.15) is 0 Å². The van der Waals surface area contributed by atoms with Crippen molar-refractivity contribution in [2.45, 2.75) is 49.6 Å². The molecule has 1 fully saturated rings. The van der Waals surface area contributed by atoms with Crippen LogP contribution in [0.15, 0.2) is 27.6 Å². The fourth-order valence-corrected chi connectivity index (χ4v) is 4.01. The Balaban J connectivity index is 1.98. The van der Waals surface area contributed by atoms with Crippen LogP contribution >= 0.6 is 11.6 Å². The molecule has 1 aromatic heterocycles. The van der Waals surface area contributed by atoms with Crippen LogP contribution in [-0.4, -0.2) is 24.6 Å². The monoisotopic (exact) mass is 370 g/mol. The van der Waals surface area contributed by atoms with Gasteiger partial charge in [0.05, 0.1) is 21.0 Å². The van der Waals surface area contributed by atoms with Crippen LogP contribution in [0.1, 0.15) is 38.9 Å². The second kappa shape index (κ2) is 6.11. The molecule has 3 rings (SSSR count). The van der Waals surface area contributed by atoms with E-state index in [-0.39, 0.29) is 16.8 Å². The molecule has 0 bridgehead atoms. The Morgan fingerprint density at radius 3 is 2.67 bits per heavy atom. The molecule has 130 valence electrons. The third kappa shape index (κ3) is 3.19. The molecular formula is C15H19ClN4O3S. The summed E-state index contributed by atoms with van der Waals surface area (Å²) in [5.41, 5.74) is 5.99. The zero-order valence-corrected chi connectivity index (χ0v) is 15.0. The molecule has 7 nitrogen and oxygen atoms in total. The highest BCUT2D eigenvalue weighted by Crippen LogP contribution is 2.38. The predicted octanol–water partition coefficient (Wildman–Crippen LogP) is 2.41. The number of benzene rings is 1. The van der Waals surface area contributed by atoms with Crippen LogP contribution < -0.4 is 10.5 Å². The molecule has 0 spiro atoms. The van der Waals surface area contributed by atoms with Crippen molar-refractivity contribution >= 4 is 21.6 Å². The number of nitrogens with two attached hydrogens (primary N) is 1. The average molecular weight is 371 g/mol. The molecule has 0 saturated heterocycles. The summed E-state index contributed by atoms with van der Waals surface area (Å²) in [6.45, 7) is 3.50. The van der Waals surface area contributed by atoms with Gasteiger partial charge < -0.3 is 10.3 Å². The van der Waals surface area contributed by atoms with E-state index in [1.807, 2.05) is 0 Å². The zero-order chi connectivity index (χ0) is 17.5. The molecular weight excluding hydrogens is 352 g/mol. The summed E-state index contributed by atoms with van der Waals surface area (Å²) in [6.07, 6.45) is 2.62. The molecule has 2 aromatic rings. The van der Waals surface area contributed by atoms with E-state index in [0.717, 1.165) is 19.3 Å². The summed E-state index contributed by atoms with van der Waals surface area (Å²) in [5, 5.41) is 4.26. The lowest BCUT2D eigenvalue weighted by atomic mass is 9.77. The Labute approximate surface area is 145 Å². The standard InChI is InChI=1S/C15H19ClN4O3S/c1-9(2)20-24(21,22)10-4-5-12(16)11(8-10)13-18-14(19-23-13)15(17)6-3-7-15/h4-5,8-9,20H,3,6-7,17H2,1-2H3. The summed E-state index contributed by atoms with van der Waals surface area (Å²) in [7, 11) is -3.65. The summed E-state index contributed by atoms with van der Waals surface area (Å²) in [5.74, 6) is 0.585. The maximum Gasteiger partial charge on any atom is 0.259 e. The molecule has 1 heterocycles. The molecule has 0 aliphatic heterocycles. The first-order valence-electron chi connectivity index (χ1n) is 7.67. The van der Waals surface area contributed by atoms with E-state index in [4.69, 9.17) is 21.9 Å². The van der Waals surface area contributed by atoms with E-state index >= 15 is 0 Å². The Hall–Kier alpha value is -1.48. The predicted molar refractivity (Wildman–Crippen MR) is 89.9 cm³/mol. The van der Waals surface area contributed by atoms with Gasteiger partial charge >= 0.3 is 0 Å². The third-order valence-corrected chi connectivity index (χ3v) is 5.97. The fraction of sp³-hybridized carbons (Fsp3) is 0.467. The minimum atomic E-state index is -3.65. The van der Waals surface area contributed by atoms with E-state index in [1.54, 1.807) is 13.8 Å². The van der Waals surface area contributed by atoms with E-state index in [0.29, 0.717) is 16.4 Å². The lowest BCUT2D eigenvalue weighted by Gasteiger charge is -2.34. The highest BCUT2D eigenvalue weighted by molar-refractivity contribution is 7.89. The summed E-state index contributed by atoms with van der Waals surface area (Å²) < 4.78 is 32.4. The number of hydrogen-bond acceptors (Lipinski definition) is 6. The molecule has 3 N–H and O–H groups in total. The number of aromatic nitrogens is 2. The van der Waals surface area contributed by atoms with Gasteiger partial charge in [-0.15, -0.1) is 0 Å². The Kier molecular flexibility index (Phi) is 4.41. The molecule has 0 radical (unpaired) electrons. The first-order chi connectivity index (χ1) is 11.2. The van der Waals surface area contributed by atoms with Gasteiger partial charge in [-0.25, -0.2) is 13.1 Å². The van der Waals surface area contributed by atoms with E-state index in [2.05, 4.69) is 14.9 Å². The minimum absolute atomic E-state index is 0.0847. The summed E-state index contributed by atoms with van der Waals surface area (Å²) in [4.78, 5) is 4.40. The second-order valence-corrected chi connectivity index (χ2v) is 8.47. The van der Waals surface area contributed by atoms with Gasteiger partial charge in [-0.2, -0.15) is 4.98 Å². The summed E-state index contributed by atoms with van der Waals surface area (Å²) in [6, 6.07) is 4.13. The molecule has 24 heavy (non-hydrogen) atoms. The van der Waals surface area contributed by atoms with Crippen LogP contribution in [0.2, 0.25) is 5.02 Å². The van der Waals surface area contributed by atoms with Gasteiger partial charge in [0.2, 0.25) is 10.0 Å².